The molecule has 1 aromatic carbocycles. The van der Waals surface area contributed by atoms with Crippen molar-refractivity contribution in [3.05, 3.63) is 33.8 Å². The molecule has 4 heteroatoms. The van der Waals surface area contributed by atoms with E-state index in [1.165, 1.54) is 6.42 Å². The number of rotatable bonds is 5. The highest BCUT2D eigenvalue weighted by atomic mass is 35.5. The molecule has 0 saturated heterocycles. The fourth-order valence-corrected chi connectivity index (χ4v) is 3.03. The number of nitrogens with two attached hydrogens (primary N) is 1. The van der Waals surface area contributed by atoms with Gasteiger partial charge in [-0.3, -0.25) is 4.90 Å². The minimum Gasteiger partial charge on any atom is -0.329 e. The van der Waals surface area contributed by atoms with Crippen LogP contribution in [-0.4, -0.2) is 25.0 Å². The summed E-state index contributed by atoms with van der Waals surface area (Å²) in [7, 11) is 2.12. The SMILES string of the molecule is CC1CC1CN(C)C(CN)c1cc(Cl)cc(Cl)c1. The third-order valence-electron chi connectivity index (χ3n) is 3.82. The van der Waals surface area contributed by atoms with Crippen molar-refractivity contribution in [2.45, 2.75) is 19.4 Å². The molecule has 0 amide bonds. The maximum Gasteiger partial charge on any atom is 0.0468 e. The average Bonchev–Trinajstić information content (AvgIpc) is 2.93. The summed E-state index contributed by atoms with van der Waals surface area (Å²) < 4.78 is 0. The van der Waals surface area contributed by atoms with Crippen LogP contribution in [0.5, 0.6) is 0 Å². The van der Waals surface area contributed by atoms with Gasteiger partial charge in [-0.1, -0.05) is 30.1 Å². The van der Waals surface area contributed by atoms with E-state index < -0.39 is 0 Å². The molecule has 2 nitrogen and oxygen atoms in total. The molecular weight excluding hydrogens is 267 g/mol. The predicted octanol–water partition coefficient (Wildman–Crippen LogP) is 3.58. The number of nitrogens with zero attached hydrogens (tertiary/aromatic N) is 1. The highest BCUT2D eigenvalue weighted by Crippen LogP contribution is 2.39. The van der Waals surface area contributed by atoms with Gasteiger partial charge in [0.15, 0.2) is 0 Å². The molecule has 0 bridgehead atoms. The van der Waals surface area contributed by atoms with Gasteiger partial charge in [-0.05, 0) is 49.1 Å². The van der Waals surface area contributed by atoms with Gasteiger partial charge in [0, 0.05) is 29.2 Å². The van der Waals surface area contributed by atoms with E-state index in [0.717, 1.165) is 23.9 Å². The molecular formula is C14H20Cl2N2. The molecule has 2 rings (SSSR count). The molecule has 18 heavy (non-hydrogen) atoms. The van der Waals surface area contributed by atoms with Crippen molar-refractivity contribution < 1.29 is 0 Å². The number of hydrogen-bond donors (Lipinski definition) is 1. The van der Waals surface area contributed by atoms with E-state index in [-0.39, 0.29) is 6.04 Å². The molecule has 3 unspecified atom stereocenters. The van der Waals surface area contributed by atoms with Crippen molar-refractivity contribution in [1.82, 2.24) is 4.90 Å². The Bertz CT molecular complexity index is 402. The second kappa shape index (κ2) is 5.79. The van der Waals surface area contributed by atoms with E-state index >= 15 is 0 Å². The predicted molar refractivity (Wildman–Crippen MR) is 78.2 cm³/mol. The molecule has 0 heterocycles. The van der Waals surface area contributed by atoms with Crippen LogP contribution >= 0.6 is 23.2 Å². The summed E-state index contributed by atoms with van der Waals surface area (Å²) in [5, 5.41) is 1.34. The Morgan fingerprint density at radius 2 is 1.89 bits per heavy atom. The van der Waals surface area contributed by atoms with Gasteiger partial charge in [-0.2, -0.15) is 0 Å². The van der Waals surface area contributed by atoms with Crippen LogP contribution in [0, 0.1) is 11.8 Å². The molecule has 1 aliphatic rings. The lowest BCUT2D eigenvalue weighted by atomic mass is 10.1. The summed E-state index contributed by atoms with van der Waals surface area (Å²) in [6, 6.07) is 5.85. The van der Waals surface area contributed by atoms with Gasteiger partial charge in [0.2, 0.25) is 0 Å². The molecule has 0 aromatic heterocycles. The summed E-state index contributed by atoms with van der Waals surface area (Å²) in [6.45, 7) is 3.97. The fourth-order valence-electron chi connectivity index (χ4n) is 2.49. The highest BCUT2D eigenvalue weighted by Gasteiger charge is 2.34. The minimum atomic E-state index is 0.189. The lowest BCUT2D eigenvalue weighted by Gasteiger charge is -2.27. The Balaban J connectivity index is 2.11. The van der Waals surface area contributed by atoms with E-state index in [2.05, 4.69) is 18.9 Å². The second-order valence-corrected chi connectivity index (χ2v) is 6.24. The van der Waals surface area contributed by atoms with Crippen LogP contribution in [0.1, 0.15) is 24.9 Å². The lowest BCUT2D eigenvalue weighted by Crippen LogP contribution is -2.32. The van der Waals surface area contributed by atoms with Crippen LogP contribution in [0.3, 0.4) is 0 Å². The van der Waals surface area contributed by atoms with Crippen LogP contribution in [0.4, 0.5) is 0 Å². The normalized spacial score (nSPS) is 24.3. The van der Waals surface area contributed by atoms with Crippen molar-refractivity contribution in [2.75, 3.05) is 20.1 Å². The molecule has 1 fully saturated rings. The number of hydrogen-bond acceptors (Lipinski definition) is 2. The Morgan fingerprint density at radius 1 is 1.33 bits per heavy atom. The zero-order chi connectivity index (χ0) is 13.3. The first-order valence-electron chi connectivity index (χ1n) is 6.37. The standard InChI is InChI=1S/C14H20Cl2N2/c1-9-3-11(9)8-18(2)14(7-17)10-4-12(15)6-13(16)5-10/h4-6,9,11,14H,3,7-8,17H2,1-2H3. The van der Waals surface area contributed by atoms with Gasteiger partial charge < -0.3 is 5.73 Å². The first kappa shape index (κ1) is 14.1. The van der Waals surface area contributed by atoms with Gasteiger partial charge in [0.25, 0.3) is 0 Å². The molecule has 1 aliphatic carbocycles. The maximum atomic E-state index is 6.05. The smallest absolute Gasteiger partial charge is 0.0468 e. The lowest BCUT2D eigenvalue weighted by molar-refractivity contribution is 0.237. The topological polar surface area (TPSA) is 29.3 Å². The van der Waals surface area contributed by atoms with E-state index in [0.29, 0.717) is 16.6 Å². The van der Waals surface area contributed by atoms with Gasteiger partial charge in [-0.25, -0.2) is 0 Å². The van der Waals surface area contributed by atoms with Gasteiger partial charge in [-0.15, -0.1) is 0 Å². The van der Waals surface area contributed by atoms with Crippen molar-refractivity contribution in [3.63, 3.8) is 0 Å². The quantitative estimate of drug-likeness (QED) is 0.897. The first-order valence-corrected chi connectivity index (χ1v) is 7.13. The fraction of sp³-hybridized carbons (Fsp3) is 0.571. The Hall–Kier alpha value is -0.280. The van der Waals surface area contributed by atoms with Crippen molar-refractivity contribution in [2.24, 2.45) is 17.6 Å². The van der Waals surface area contributed by atoms with Crippen molar-refractivity contribution in [3.8, 4) is 0 Å². The van der Waals surface area contributed by atoms with E-state index in [1.807, 2.05) is 12.1 Å². The Morgan fingerprint density at radius 3 is 2.33 bits per heavy atom. The number of benzene rings is 1. The number of likely N-dealkylation sites (N-methyl/N-ethyl adjacent to an activating group) is 1. The van der Waals surface area contributed by atoms with E-state index in [9.17, 15) is 0 Å². The summed E-state index contributed by atoms with van der Waals surface area (Å²) in [4.78, 5) is 2.32. The molecule has 1 saturated carbocycles. The maximum absolute atomic E-state index is 6.05. The molecule has 100 valence electrons. The van der Waals surface area contributed by atoms with Gasteiger partial charge in [0.1, 0.15) is 0 Å². The minimum absolute atomic E-state index is 0.189. The molecule has 2 N–H and O–H groups in total. The van der Waals surface area contributed by atoms with Crippen LogP contribution in [0.15, 0.2) is 18.2 Å². The van der Waals surface area contributed by atoms with Crippen molar-refractivity contribution in [1.29, 1.82) is 0 Å². The first-order chi connectivity index (χ1) is 8.51. The van der Waals surface area contributed by atoms with E-state index in [4.69, 9.17) is 28.9 Å². The molecule has 0 radical (unpaired) electrons. The van der Waals surface area contributed by atoms with Crippen LogP contribution in [-0.2, 0) is 0 Å². The van der Waals surface area contributed by atoms with Gasteiger partial charge >= 0.3 is 0 Å². The number of halogens is 2. The Labute approximate surface area is 119 Å². The van der Waals surface area contributed by atoms with Crippen molar-refractivity contribution >= 4 is 23.2 Å². The van der Waals surface area contributed by atoms with E-state index in [1.54, 1.807) is 6.07 Å². The van der Waals surface area contributed by atoms with Crippen LogP contribution in [0.25, 0.3) is 0 Å². The molecule has 3 atom stereocenters. The second-order valence-electron chi connectivity index (χ2n) is 5.37. The molecule has 1 aromatic rings. The third kappa shape index (κ3) is 3.39. The average molecular weight is 287 g/mol. The zero-order valence-electron chi connectivity index (χ0n) is 10.9. The summed E-state index contributed by atoms with van der Waals surface area (Å²) in [5.74, 6) is 1.67. The molecule has 0 aliphatic heterocycles. The summed E-state index contributed by atoms with van der Waals surface area (Å²) in [5.41, 5.74) is 7.01. The molecule has 0 spiro atoms. The summed E-state index contributed by atoms with van der Waals surface area (Å²) >= 11 is 12.1. The Kier molecular flexibility index (Phi) is 4.54. The van der Waals surface area contributed by atoms with Crippen LogP contribution in [0.2, 0.25) is 10.0 Å². The largest absolute Gasteiger partial charge is 0.329 e. The third-order valence-corrected chi connectivity index (χ3v) is 4.26. The zero-order valence-corrected chi connectivity index (χ0v) is 12.4. The summed E-state index contributed by atoms with van der Waals surface area (Å²) in [6.07, 6.45) is 1.33. The monoisotopic (exact) mass is 286 g/mol. The van der Waals surface area contributed by atoms with Crippen LogP contribution < -0.4 is 5.73 Å². The van der Waals surface area contributed by atoms with Gasteiger partial charge in [0.05, 0.1) is 0 Å². The highest BCUT2D eigenvalue weighted by molar-refractivity contribution is 6.34.